The molecule has 0 unspecified atom stereocenters. The summed E-state index contributed by atoms with van der Waals surface area (Å²) in [6.45, 7) is 6.14. The molecule has 0 heterocycles. The maximum Gasteiger partial charge on any atom is 0.331 e. The molecule has 1 fully saturated rings. The second kappa shape index (κ2) is 8.67. The molecule has 4 heteroatoms. The number of hydrogen-bond donors (Lipinski definition) is 1. The zero-order valence-electron chi connectivity index (χ0n) is 14.7. The maximum absolute atomic E-state index is 12.0. The highest BCUT2D eigenvalue weighted by molar-refractivity contribution is 5.89. The molecule has 0 bridgehead atoms. The predicted molar refractivity (Wildman–Crippen MR) is 95.3 cm³/mol. The van der Waals surface area contributed by atoms with Gasteiger partial charge in [0.25, 0.3) is 5.91 Å². The number of aryl methyl sites for hydroxylation is 1. The van der Waals surface area contributed by atoms with Crippen LogP contribution in [0.2, 0.25) is 0 Å². The van der Waals surface area contributed by atoms with E-state index in [1.807, 2.05) is 31.2 Å². The van der Waals surface area contributed by atoms with Crippen molar-refractivity contribution in [3.8, 4) is 0 Å². The summed E-state index contributed by atoms with van der Waals surface area (Å²) < 4.78 is 5.03. The van der Waals surface area contributed by atoms with Crippen LogP contribution in [0.3, 0.4) is 0 Å². The topological polar surface area (TPSA) is 55.4 Å². The quantitative estimate of drug-likeness (QED) is 0.664. The van der Waals surface area contributed by atoms with Gasteiger partial charge in [0.1, 0.15) is 0 Å². The number of amides is 1. The second-order valence-electron chi connectivity index (χ2n) is 6.74. The molecule has 3 atom stereocenters. The van der Waals surface area contributed by atoms with Crippen molar-refractivity contribution in [3.05, 3.63) is 41.5 Å². The average Bonchev–Trinajstić information content (AvgIpc) is 2.56. The van der Waals surface area contributed by atoms with Gasteiger partial charge in [-0.2, -0.15) is 0 Å². The van der Waals surface area contributed by atoms with Crippen molar-refractivity contribution in [2.75, 3.05) is 6.61 Å². The van der Waals surface area contributed by atoms with Crippen LogP contribution >= 0.6 is 0 Å². The van der Waals surface area contributed by atoms with Crippen molar-refractivity contribution < 1.29 is 14.3 Å². The third kappa shape index (κ3) is 5.22. The van der Waals surface area contributed by atoms with Crippen LogP contribution in [0.1, 0.15) is 44.2 Å². The fourth-order valence-corrected chi connectivity index (χ4v) is 3.15. The van der Waals surface area contributed by atoms with Crippen LogP contribution in [0.4, 0.5) is 0 Å². The summed E-state index contributed by atoms with van der Waals surface area (Å²) in [5.74, 6) is 0.347. The molecule has 0 saturated heterocycles. The summed E-state index contributed by atoms with van der Waals surface area (Å²) >= 11 is 0. The summed E-state index contributed by atoms with van der Waals surface area (Å²) in [7, 11) is 0. The largest absolute Gasteiger partial charge is 0.452 e. The average molecular weight is 329 g/mol. The summed E-state index contributed by atoms with van der Waals surface area (Å²) in [6, 6.07) is 7.95. The number of esters is 1. The smallest absolute Gasteiger partial charge is 0.331 e. The fourth-order valence-electron chi connectivity index (χ4n) is 3.15. The van der Waals surface area contributed by atoms with Crippen LogP contribution in [-0.2, 0) is 14.3 Å². The number of rotatable bonds is 5. The zero-order chi connectivity index (χ0) is 17.5. The van der Waals surface area contributed by atoms with Gasteiger partial charge in [-0.15, -0.1) is 0 Å². The van der Waals surface area contributed by atoms with E-state index in [1.165, 1.54) is 12.5 Å². The van der Waals surface area contributed by atoms with Crippen molar-refractivity contribution in [2.24, 2.45) is 11.8 Å². The molecule has 0 aromatic heterocycles. The molecule has 1 saturated carbocycles. The molecule has 1 N–H and O–H groups in total. The van der Waals surface area contributed by atoms with Gasteiger partial charge in [0.2, 0.25) is 0 Å². The number of hydrogen-bond acceptors (Lipinski definition) is 3. The van der Waals surface area contributed by atoms with Crippen molar-refractivity contribution in [1.82, 2.24) is 5.32 Å². The van der Waals surface area contributed by atoms with Crippen molar-refractivity contribution in [1.29, 1.82) is 0 Å². The monoisotopic (exact) mass is 329 g/mol. The summed E-state index contributed by atoms with van der Waals surface area (Å²) in [6.07, 6.45) is 6.42. The number of ether oxygens (including phenoxy) is 1. The Balaban J connectivity index is 1.77. The minimum Gasteiger partial charge on any atom is -0.452 e. The molecule has 0 spiro atoms. The Kier molecular flexibility index (Phi) is 6.59. The van der Waals surface area contributed by atoms with Crippen molar-refractivity contribution in [3.63, 3.8) is 0 Å². The normalized spacial score (nSPS) is 23.9. The van der Waals surface area contributed by atoms with Crippen LogP contribution in [0.25, 0.3) is 6.08 Å². The zero-order valence-corrected chi connectivity index (χ0v) is 14.7. The molecule has 4 nitrogen and oxygen atoms in total. The molecular weight excluding hydrogens is 302 g/mol. The Bertz CT molecular complexity index is 609. The molecule has 2 rings (SSSR count). The minimum absolute atomic E-state index is 0.183. The fraction of sp³-hybridized carbons (Fsp3) is 0.500. The highest BCUT2D eigenvalue weighted by Crippen LogP contribution is 2.29. The molecule has 1 aliphatic rings. The summed E-state index contributed by atoms with van der Waals surface area (Å²) in [5, 5.41) is 3.00. The predicted octanol–water partition coefficient (Wildman–Crippen LogP) is 3.49. The van der Waals surface area contributed by atoms with Gasteiger partial charge in [-0.05, 0) is 42.4 Å². The SMILES string of the molecule is Cc1ccccc1/C=C/C(=O)OCC(=O)N[C@@H]1CCC[C@H](C)[C@@H]1C. The van der Waals surface area contributed by atoms with Crippen LogP contribution in [-0.4, -0.2) is 24.5 Å². The van der Waals surface area contributed by atoms with E-state index >= 15 is 0 Å². The van der Waals surface area contributed by atoms with E-state index in [-0.39, 0.29) is 18.6 Å². The van der Waals surface area contributed by atoms with Crippen LogP contribution in [0.5, 0.6) is 0 Å². The van der Waals surface area contributed by atoms with E-state index in [1.54, 1.807) is 6.08 Å². The molecule has 1 amide bonds. The van der Waals surface area contributed by atoms with Gasteiger partial charge in [-0.25, -0.2) is 4.79 Å². The van der Waals surface area contributed by atoms with Gasteiger partial charge < -0.3 is 10.1 Å². The van der Waals surface area contributed by atoms with Crippen molar-refractivity contribution >= 4 is 18.0 Å². The van der Waals surface area contributed by atoms with E-state index in [9.17, 15) is 9.59 Å². The molecule has 1 aliphatic carbocycles. The van der Waals surface area contributed by atoms with Gasteiger partial charge in [-0.1, -0.05) is 51.0 Å². The lowest BCUT2D eigenvalue weighted by Crippen LogP contribution is -2.45. The third-order valence-corrected chi connectivity index (χ3v) is 4.99. The van der Waals surface area contributed by atoms with Gasteiger partial charge in [-0.3, -0.25) is 4.79 Å². The van der Waals surface area contributed by atoms with Gasteiger partial charge in [0.05, 0.1) is 0 Å². The molecule has 24 heavy (non-hydrogen) atoms. The van der Waals surface area contributed by atoms with Crippen LogP contribution in [0.15, 0.2) is 30.3 Å². The van der Waals surface area contributed by atoms with Crippen molar-refractivity contribution in [2.45, 2.75) is 46.1 Å². The lowest BCUT2D eigenvalue weighted by atomic mass is 9.78. The van der Waals surface area contributed by atoms with Crippen LogP contribution in [0, 0.1) is 18.8 Å². The molecule has 0 radical (unpaired) electrons. The Morgan fingerprint density at radius 3 is 2.75 bits per heavy atom. The first kappa shape index (κ1) is 18.2. The van der Waals surface area contributed by atoms with E-state index in [0.717, 1.165) is 24.0 Å². The number of carbonyl (C=O) groups is 2. The highest BCUT2D eigenvalue weighted by atomic mass is 16.5. The first-order chi connectivity index (χ1) is 11.5. The lowest BCUT2D eigenvalue weighted by molar-refractivity contribution is -0.144. The number of carbonyl (C=O) groups excluding carboxylic acids is 2. The highest BCUT2D eigenvalue weighted by Gasteiger charge is 2.28. The number of nitrogens with one attached hydrogen (secondary N) is 1. The molecule has 1 aromatic carbocycles. The molecule has 130 valence electrons. The summed E-state index contributed by atoms with van der Waals surface area (Å²) in [4.78, 5) is 23.7. The van der Waals surface area contributed by atoms with Crippen LogP contribution < -0.4 is 5.32 Å². The van der Waals surface area contributed by atoms with E-state index in [4.69, 9.17) is 4.74 Å². The van der Waals surface area contributed by atoms with E-state index < -0.39 is 5.97 Å². The Labute approximate surface area is 144 Å². The molecular formula is C20H27NO3. The third-order valence-electron chi connectivity index (χ3n) is 4.99. The molecule has 0 aliphatic heterocycles. The molecule has 1 aromatic rings. The standard InChI is InChI=1S/C20H27NO3/c1-14-8-6-10-18(16(14)3)21-19(22)13-24-20(23)12-11-17-9-5-4-7-15(17)2/h4-5,7,9,11-12,14,16,18H,6,8,10,13H2,1-3H3,(H,21,22)/b12-11+/t14-,16-,18+/m0/s1. The lowest BCUT2D eigenvalue weighted by Gasteiger charge is -2.34. The first-order valence-electron chi connectivity index (χ1n) is 8.67. The number of benzene rings is 1. The maximum atomic E-state index is 12.0. The van der Waals surface area contributed by atoms with Gasteiger partial charge in [0, 0.05) is 12.1 Å². The Morgan fingerprint density at radius 1 is 1.25 bits per heavy atom. The van der Waals surface area contributed by atoms with Gasteiger partial charge in [0.15, 0.2) is 6.61 Å². The van der Waals surface area contributed by atoms with E-state index in [0.29, 0.717) is 11.8 Å². The van der Waals surface area contributed by atoms with E-state index in [2.05, 4.69) is 19.2 Å². The Morgan fingerprint density at radius 2 is 2.00 bits per heavy atom. The summed E-state index contributed by atoms with van der Waals surface area (Å²) in [5.41, 5.74) is 2.05. The van der Waals surface area contributed by atoms with Gasteiger partial charge >= 0.3 is 5.97 Å². The first-order valence-corrected chi connectivity index (χ1v) is 8.67. The Hall–Kier alpha value is -2.10. The minimum atomic E-state index is -0.501. The second-order valence-corrected chi connectivity index (χ2v) is 6.74.